The molecule has 0 amide bonds. The maximum absolute atomic E-state index is 14.2. The van der Waals surface area contributed by atoms with E-state index in [1.807, 2.05) is 0 Å². The monoisotopic (exact) mass is 300 g/mol. The van der Waals surface area contributed by atoms with Crippen LogP contribution in [0.15, 0.2) is 0 Å². The van der Waals surface area contributed by atoms with Crippen molar-refractivity contribution in [2.75, 3.05) is 0 Å². The minimum absolute atomic E-state index is 0.0463. The highest BCUT2D eigenvalue weighted by Crippen LogP contribution is 2.51. The summed E-state index contributed by atoms with van der Waals surface area (Å²) in [6.07, 6.45) is -10.0. The van der Waals surface area contributed by atoms with Gasteiger partial charge in [0.1, 0.15) is 5.75 Å². The second-order valence-electron chi connectivity index (χ2n) is 4.73. The topological polar surface area (TPSA) is 20.2 Å². The summed E-state index contributed by atoms with van der Waals surface area (Å²) in [4.78, 5) is 0. The molecule has 1 nitrogen and oxygen atoms in total. The van der Waals surface area contributed by atoms with Crippen LogP contribution in [0.25, 0.3) is 0 Å². The summed E-state index contributed by atoms with van der Waals surface area (Å²) < 4.78 is 78.4. The maximum atomic E-state index is 14.2. The molecule has 1 rings (SSSR count). The summed E-state index contributed by atoms with van der Waals surface area (Å²) in [5.74, 6) is -0.317. The lowest BCUT2D eigenvalue weighted by Crippen LogP contribution is -2.45. The molecule has 20 heavy (non-hydrogen) atoms. The van der Waals surface area contributed by atoms with Crippen LogP contribution in [0.1, 0.15) is 27.8 Å². The summed E-state index contributed by atoms with van der Waals surface area (Å²) in [5, 5.41) is 9.71. The summed E-state index contributed by atoms with van der Waals surface area (Å²) in [7, 11) is 0. The number of hydrogen-bond donors (Lipinski definition) is 1. The highest BCUT2D eigenvalue weighted by molar-refractivity contribution is 5.55. The number of benzene rings is 1. The van der Waals surface area contributed by atoms with Gasteiger partial charge in [0.25, 0.3) is 12.1 Å². The molecule has 1 aromatic rings. The Morgan fingerprint density at radius 2 is 1.15 bits per heavy atom. The highest BCUT2D eigenvalue weighted by atomic mass is 19.4. The normalized spacial score (nSPS) is 15.6. The predicted octanol–water partition coefficient (Wildman–Crippen LogP) is 4.62. The van der Waals surface area contributed by atoms with Crippen LogP contribution in [-0.4, -0.2) is 17.7 Å². The fraction of sp³-hybridized carbons (Fsp3) is 0.538. The Bertz CT molecular complexity index is 506. The Morgan fingerprint density at radius 3 is 1.40 bits per heavy atom. The average Bonchev–Trinajstić information content (AvgIpc) is 2.32. The summed E-state index contributed by atoms with van der Waals surface area (Å²) in [6, 6.07) is 0. The summed E-state index contributed by atoms with van der Waals surface area (Å²) in [6.45, 7) is 4.67. The van der Waals surface area contributed by atoms with Gasteiger partial charge in [-0.05, 0) is 49.9 Å². The van der Waals surface area contributed by atoms with E-state index in [9.17, 15) is 31.4 Å². The number of rotatable bonds is 2. The lowest BCUT2D eigenvalue weighted by Gasteiger charge is -2.31. The van der Waals surface area contributed by atoms with E-state index < -0.39 is 23.8 Å². The van der Waals surface area contributed by atoms with E-state index in [-0.39, 0.29) is 28.0 Å². The van der Waals surface area contributed by atoms with Crippen molar-refractivity contribution < 1.29 is 31.4 Å². The standard InChI is InChI=1S/C13H14F6O/c1-5-7(3)10(20)8(4)6(2)9(5)12(16,11(14)15)13(17,18)19/h11,20H,1-4H3. The fourth-order valence-electron chi connectivity index (χ4n) is 2.21. The molecule has 0 fully saturated rings. The van der Waals surface area contributed by atoms with E-state index in [4.69, 9.17) is 0 Å². The first-order valence-electron chi connectivity index (χ1n) is 5.70. The number of hydrogen-bond acceptors (Lipinski definition) is 1. The van der Waals surface area contributed by atoms with Gasteiger partial charge < -0.3 is 5.11 Å². The van der Waals surface area contributed by atoms with E-state index in [0.29, 0.717) is 0 Å². The van der Waals surface area contributed by atoms with E-state index in [1.165, 1.54) is 13.8 Å². The maximum Gasteiger partial charge on any atom is 0.432 e. The zero-order valence-corrected chi connectivity index (χ0v) is 11.3. The first kappa shape index (κ1) is 16.7. The van der Waals surface area contributed by atoms with Crippen LogP contribution in [-0.2, 0) is 5.67 Å². The third-order valence-electron chi connectivity index (χ3n) is 3.66. The lowest BCUT2D eigenvalue weighted by atomic mass is 9.83. The van der Waals surface area contributed by atoms with Gasteiger partial charge >= 0.3 is 6.18 Å². The first-order chi connectivity index (χ1) is 8.87. The van der Waals surface area contributed by atoms with Gasteiger partial charge in [-0.15, -0.1) is 0 Å². The zero-order valence-electron chi connectivity index (χ0n) is 11.3. The zero-order chi connectivity index (χ0) is 16.0. The van der Waals surface area contributed by atoms with E-state index in [2.05, 4.69) is 0 Å². The van der Waals surface area contributed by atoms with Crippen molar-refractivity contribution in [3.63, 3.8) is 0 Å². The van der Waals surface area contributed by atoms with Crippen LogP contribution in [0.2, 0.25) is 0 Å². The predicted molar refractivity (Wildman–Crippen MR) is 61.9 cm³/mol. The van der Waals surface area contributed by atoms with Gasteiger partial charge in [-0.3, -0.25) is 0 Å². The molecule has 0 bridgehead atoms. The van der Waals surface area contributed by atoms with E-state index in [0.717, 1.165) is 13.8 Å². The molecule has 0 radical (unpaired) electrons. The van der Waals surface area contributed by atoms with Crippen molar-refractivity contribution in [2.45, 2.75) is 46.0 Å². The molecule has 114 valence electrons. The summed E-state index contributed by atoms with van der Waals surface area (Å²) >= 11 is 0. The molecule has 1 N–H and O–H groups in total. The van der Waals surface area contributed by atoms with E-state index in [1.54, 1.807) is 0 Å². The van der Waals surface area contributed by atoms with Crippen LogP contribution < -0.4 is 0 Å². The number of phenols is 1. The van der Waals surface area contributed by atoms with Gasteiger partial charge in [0.15, 0.2) is 0 Å². The molecule has 0 spiro atoms. The van der Waals surface area contributed by atoms with Crippen molar-refractivity contribution in [1.82, 2.24) is 0 Å². The molecule has 7 heteroatoms. The molecular weight excluding hydrogens is 286 g/mol. The van der Waals surface area contributed by atoms with E-state index >= 15 is 0 Å². The Balaban J connectivity index is 3.86. The van der Waals surface area contributed by atoms with Crippen LogP contribution in [0, 0.1) is 27.7 Å². The Labute approximate surface area is 112 Å². The molecule has 0 aliphatic carbocycles. The Morgan fingerprint density at radius 1 is 0.800 bits per heavy atom. The first-order valence-corrected chi connectivity index (χ1v) is 5.70. The number of halogens is 6. The third-order valence-corrected chi connectivity index (χ3v) is 3.66. The second kappa shape index (κ2) is 4.86. The van der Waals surface area contributed by atoms with Crippen LogP contribution in [0.4, 0.5) is 26.3 Å². The van der Waals surface area contributed by atoms with Gasteiger partial charge in [0.2, 0.25) is 0 Å². The highest BCUT2D eigenvalue weighted by Gasteiger charge is 2.65. The molecule has 0 aliphatic rings. The molecule has 0 saturated carbocycles. The molecule has 1 atom stereocenters. The fourth-order valence-corrected chi connectivity index (χ4v) is 2.21. The van der Waals surface area contributed by atoms with Crippen molar-refractivity contribution in [3.8, 4) is 5.75 Å². The van der Waals surface area contributed by atoms with Gasteiger partial charge in [0, 0.05) is 5.56 Å². The minimum atomic E-state index is -5.76. The Hall–Kier alpha value is -1.40. The third kappa shape index (κ3) is 2.13. The van der Waals surface area contributed by atoms with Crippen LogP contribution in [0.3, 0.4) is 0 Å². The average molecular weight is 300 g/mol. The summed E-state index contributed by atoms with van der Waals surface area (Å²) in [5.41, 5.74) is -6.63. The van der Waals surface area contributed by atoms with Gasteiger partial charge in [-0.2, -0.15) is 13.2 Å². The quantitative estimate of drug-likeness (QED) is 0.790. The largest absolute Gasteiger partial charge is 0.507 e. The SMILES string of the molecule is Cc1c(C)c(C(F)(C(F)F)C(F)(F)F)c(C)c(C)c1O. The van der Waals surface area contributed by atoms with Crippen LogP contribution in [0.5, 0.6) is 5.75 Å². The minimum Gasteiger partial charge on any atom is -0.507 e. The molecule has 1 unspecified atom stereocenters. The number of alkyl halides is 6. The van der Waals surface area contributed by atoms with Crippen molar-refractivity contribution in [2.24, 2.45) is 0 Å². The molecule has 0 saturated heterocycles. The molecule has 0 aromatic heterocycles. The molecule has 0 heterocycles. The smallest absolute Gasteiger partial charge is 0.432 e. The van der Waals surface area contributed by atoms with Gasteiger partial charge in [-0.1, -0.05) is 0 Å². The van der Waals surface area contributed by atoms with Crippen molar-refractivity contribution in [1.29, 1.82) is 0 Å². The molecular formula is C13H14F6O. The number of phenolic OH excluding ortho intramolecular Hbond substituents is 1. The van der Waals surface area contributed by atoms with Gasteiger partial charge in [-0.25, -0.2) is 13.2 Å². The Kier molecular flexibility index (Phi) is 4.04. The molecule has 1 aromatic carbocycles. The van der Waals surface area contributed by atoms with Gasteiger partial charge in [0.05, 0.1) is 0 Å². The van der Waals surface area contributed by atoms with Crippen molar-refractivity contribution >= 4 is 0 Å². The lowest BCUT2D eigenvalue weighted by molar-refractivity contribution is -0.274. The van der Waals surface area contributed by atoms with Crippen LogP contribution >= 0.6 is 0 Å². The second-order valence-corrected chi connectivity index (χ2v) is 4.73. The number of aromatic hydroxyl groups is 1. The van der Waals surface area contributed by atoms with Crippen molar-refractivity contribution in [3.05, 3.63) is 27.8 Å². The molecule has 0 aliphatic heterocycles.